The van der Waals surface area contributed by atoms with Gasteiger partial charge in [-0.2, -0.15) is 0 Å². The fourth-order valence-corrected chi connectivity index (χ4v) is 9.68. The normalized spacial score (nSPS) is 46.1. The Morgan fingerprint density at radius 2 is 1.78 bits per heavy atom. The monoisotopic (exact) mass is 504 g/mol. The topological polar surface area (TPSA) is 102 Å². The van der Waals surface area contributed by atoms with E-state index in [0.717, 1.165) is 19.3 Å². The van der Waals surface area contributed by atoms with Crippen molar-refractivity contribution in [2.45, 2.75) is 117 Å². The molecule has 5 rings (SSSR count). The molecular formula is C29H44O7. The van der Waals surface area contributed by atoms with E-state index in [1.54, 1.807) is 6.92 Å². The molecule has 0 radical (unpaired) electrons. The van der Waals surface area contributed by atoms with Crippen molar-refractivity contribution in [1.29, 1.82) is 0 Å². The number of ether oxygens (including phenoxy) is 3. The van der Waals surface area contributed by atoms with E-state index in [0.29, 0.717) is 29.2 Å². The number of aliphatic hydroxyl groups is 2. The lowest BCUT2D eigenvalue weighted by molar-refractivity contribution is -0.217. The average Bonchev–Trinajstić information content (AvgIpc) is 3.31. The lowest BCUT2D eigenvalue weighted by Crippen LogP contribution is -2.63. The van der Waals surface area contributed by atoms with E-state index < -0.39 is 36.0 Å². The van der Waals surface area contributed by atoms with Gasteiger partial charge in [0.25, 0.3) is 0 Å². The molecule has 7 heteroatoms. The molecule has 0 spiro atoms. The van der Waals surface area contributed by atoms with Gasteiger partial charge in [-0.1, -0.05) is 34.1 Å². The molecule has 2 heterocycles. The molecule has 36 heavy (non-hydrogen) atoms. The van der Waals surface area contributed by atoms with Crippen LogP contribution in [0, 0.1) is 34.0 Å². The quantitative estimate of drug-likeness (QED) is 0.539. The second-order valence-electron chi connectivity index (χ2n) is 13.6. The summed E-state index contributed by atoms with van der Waals surface area (Å²) >= 11 is 0. The molecule has 9 atom stereocenters. The molecule has 2 N–H and O–H groups in total. The number of fused-ring (bicyclic) bond motifs is 5. The van der Waals surface area contributed by atoms with E-state index in [2.05, 4.69) is 27.7 Å². The van der Waals surface area contributed by atoms with Gasteiger partial charge in [-0.25, -0.2) is 4.79 Å². The molecule has 4 fully saturated rings. The van der Waals surface area contributed by atoms with Crippen LogP contribution in [0.4, 0.5) is 0 Å². The van der Waals surface area contributed by atoms with Gasteiger partial charge in [0.1, 0.15) is 12.2 Å². The van der Waals surface area contributed by atoms with Gasteiger partial charge in [0.05, 0.1) is 18.6 Å². The van der Waals surface area contributed by atoms with Crippen molar-refractivity contribution in [3.05, 3.63) is 11.6 Å². The summed E-state index contributed by atoms with van der Waals surface area (Å²) in [4.78, 5) is 24.3. The first-order chi connectivity index (χ1) is 16.8. The van der Waals surface area contributed by atoms with Crippen molar-refractivity contribution < 1.29 is 34.0 Å². The van der Waals surface area contributed by atoms with Crippen molar-refractivity contribution in [3.8, 4) is 0 Å². The fourth-order valence-electron chi connectivity index (χ4n) is 9.68. The van der Waals surface area contributed by atoms with E-state index >= 15 is 0 Å². The minimum Gasteiger partial charge on any atom is -0.463 e. The Morgan fingerprint density at radius 1 is 1.08 bits per heavy atom. The molecule has 2 aliphatic heterocycles. The van der Waals surface area contributed by atoms with Gasteiger partial charge in [0, 0.05) is 11.6 Å². The minimum absolute atomic E-state index is 0.00265. The first-order valence-electron chi connectivity index (χ1n) is 13.9. The zero-order chi connectivity index (χ0) is 26.1. The zero-order valence-corrected chi connectivity index (χ0v) is 22.5. The Bertz CT molecular complexity index is 940. The molecule has 3 saturated carbocycles. The second-order valence-corrected chi connectivity index (χ2v) is 13.6. The van der Waals surface area contributed by atoms with Crippen LogP contribution in [0.25, 0.3) is 0 Å². The van der Waals surface area contributed by atoms with E-state index in [1.807, 2.05) is 0 Å². The van der Waals surface area contributed by atoms with Gasteiger partial charge in [-0.05, 0) is 85.9 Å². The molecule has 202 valence electrons. The van der Waals surface area contributed by atoms with Crippen LogP contribution < -0.4 is 0 Å². The summed E-state index contributed by atoms with van der Waals surface area (Å²) in [7, 11) is 0. The molecule has 0 amide bonds. The van der Waals surface area contributed by atoms with Gasteiger partial charge in [-0.15, -0.1) is 0 Å². The summed E-state index contributed by atoms with van der Waals surface area (Å²) in [6, 6.07) is 0. The summed E-state index contributed by atoms with van der Waals surface area (Å²) in [5.74, 6) is 0.379. The molecular weight excluding hydrogens is 460 g/mol. The number of carbonyl (C=O) groups is 2. The summed E-state index contributed by atoms with van der Waals surface area (Å²) < 4.78 is 17.5. The standard InChI is InChI=1S/C29H44O7/c1-17(30)13-23(31)34-16-29-12-8-21-27(4)10-6-9-26(2,3)20(27)7-11-28(21,5)22(29)15-19(36-29)18-14-24(32)35-25(18)33/h14,17,19-22,25,30,33H,6-13,15-16H2,1-5H3/t17-,19+,20-,21+,22-,25+,27-,28+,29+/m0/s1. The Kier molecular flexibility index (Phi) is 6.40. The first-order valence-corrected chi connectivity index (χ1v) is 13.9. The van der Waals surface area contributed by atoms with Crippen LogP contribution in [-0.4, -0.2) is 52.9 Å². The highest BCUT2D eigenvalue weighted by atomic mass is 16.6. The summed E-state index contributed by atoms with van der Waals surface area (Å²) in [5, 5.41) is 20.0. The molecule has 0 aromatic heterocycles. The van der Waals surface area contributed by atoms with Crippen LogP contribution in [0.5, 0.6) is 0 Å². The average molecular weight is 505 g/mol. The molecule has 1 saturated heterocycles. The van der Waals surface area contributed by atoms with E-state index in [1.165, 1.54) is 31.8 Å². The summed E-state index contributed by atoms with van der Waals surface area (Å²) in [5.41, 5.74) is 0.391. The Labute approximate surface area is 214 Å². The highest BCUT2D eigenvalue weighted by Crippen LogP contribution is 2.71. The van der Waals surface area contributed by atoms with Gasteiger partial charge in [0.2, 0.25) is 6.29 Å². The number of hydrogen-bond acceptors (Lipinski definition) is 7. The van der Waals surface area contributed by atoms with Gasteiger partial charge in [0.15, 0.2) is 0 Å². The zero-order valence-electron chi connectivity index (χ0n) is 22.5. The molecule has 0 aromatic carbocycles. The van der Waals surface area contributed by atoms with Gasteiger partial charge in [-0.3, -0.25) is 4.79 Å². The molecule has 0 bridgehead atoms. The van der Waals surface area contributed by atoms with Crippen molar-refractivity contribution in [2.75, 3.05) is 6.61 Å². The molecule has 0 aromatic rings. The predicted octanol–water partition coefficient (Wildman–Crippen LogP) is 4.29. The lowest BCUT2D eigenvalue weighted by Gasteiger charge is -2.67. The van der Waals surface area contributed by atoms with Crippen molar-refractivity contribution in [3.63, 3.8) is 0 Å². The van der Waals surface area contributed by atoms with Crippen molar-refractivity contribution >= 4 is 11.9 Å². The van der Waals surface area contributed by atoms with Crippen LogP contribution in [0.2, 0.25) is 0 Å². The Morgan fingerprint density at radius 3 is 2.44 bits per heavy atom. The predicted molar refractivity (Wildman–Crippen MR) is 132 cm³/mol. The third-order valence-electron chi connectivity index (χ3n) is 11.1. The number of esters is 2. The van der Waals surface area contributed by atoms with Gasteiger partial charge < -0.3 is 24.4 Å². The van der Waals surface area contributed by atoms with E-state index in [4.69, 9.17) is 14.2 Å². The molecule has 5 aliphatic rings. The van der Waals surface area contributed by atoms with Crippen LogP contribution >= 0.6 is 0 Å². The van der Waals surface area contributed by atoms with E-state index in [-0.39, 0.29) is 29.8 Å². The molecule has 3 aliphatic carbocycles. The van der Waals surface area contributed by atoms with Crippen LogP contribution in [0.15, 0.2) is 11.6 Å². The Hall–Kier alpha value is -1.44. The van der Waals surface area contributed by atoms with E-state index in [9.17, 15) is 19.8 Å². The van der Waals surface area contributed by atoms with Crippen LogP contribution in [0.1, 0.15) is 92.4 Å². The number of cyclic esters (lactones) is 1. The smallest absolute Gasteiger partial charge is 0.333 e. The maximum absolute atomic E-state index is 12.4. The largest absolute Gasteiger partial charge is 0.463 e. The minimum atomic E-state index is -1.28. The Balaban J connectivity index is 1.48. The number of rotatable bonds is 5. The number of aliphatic hydroxyl groups excluding tert-OH is 2. The third kappa shape index (κ3) is 4.04. The summed E-state index contributed by atoms with van der Waals surface area (Å²) in [6.07, 6.45) is 7.35. The maximum atomic E-state index is 12.4. The molecule has 0 unspecified atom stereocenters. The van der Waals surface area contributed by atoms with Gasteiger partial charge >= 0.3 is 11.9 Å². The van der Waals surface area contributed by atoms with Crippen LogP contribution in [0.3, 0.4) is 0 Å². The summed E-state index contributed by atoms with van der Waals surface area (Å²) in [6.45, 7) is 11.6. The lowest BCUT2D eigenvalue weighted by atomic mass is 9.38. The maximum Gasteiger partial charge on any atom is 0.333 e. The highest BCUT2D eigenvalue weighted by Gasteiger charge is 2.68. The van der Waals surface area contributed by atoms with Crippen molar-refractivity contribution in [1.82, 2.24) is 0 Å². The first kappa shape index (κ1) is 26.2. The SMILES string of the molecule is C[C@H](O)CC(=O)OC[C@]12CC[C@H]3[C@@](C)(CC[C@H]4C(C)(C)CCC[C@]34C)[C@@H]1C[C@H](C1=CC(=O)O[C@H]1O)O2. The van der Waals surface area contributed by atoms with Crippen LogP contribution in [-0.2, 0) is 23.8 Å². The third-order valence-corrected chi connectivity index (χ3v) is 11.1. The number of hydrogen-bond donors (Lipinski definition) is 2. The fraction of sp³-hybridized carbons (Fsp3) is 0.862. The molecule has 7 nitrogen and oxygen atoms in total. The highest BCUT2D eigenvalue weighted by molar-refractivity contribution is 5.85. The number of carbonyl (C=O) groups excluding carboxylic acids is 2. The second kappa shape index (κ2) is 8.81. The van der Waals surface area contributed by atoms with Crippen molar-refractivity contribution in [2.24, 2.45) is 34.0 Å².